The molecule has 0 atom stereocenters. The van der Waals surface area contributed by atoms with E-state index in [9.17, 15) is 0 Å². The van der Waals surface area contributed by atoms with Crippen molar-refractivity contribution in [2.45, 2.75) is 33.6 Å². The number of hydrogen-bond acceptors (Lipinski definition) is 3. The summed E-state index contributed by atoms with van der Waals surface area (Å²) in [5.74, 6) is 1.70. The Bertz CT molecular complexity index is 339. The molecule has 0 aliphatic heterocycles. The first-order valence-electron chi connectivity index (χ1n) is 6.91. The Kier molecular flexibility index (Phi) is 7.26. The van der Waals surface area contributed by atoms with Gasteiger partial charge in [0.15, 0.2) is 11.5 Å². The molecule has 0 aromatic heterocycles. The van der Waals surface area contributed by atoms with Crippen LogP contribution in [0.5, 0.6) is 11.5 Å². The molecule has 0 unspecified atom stereocenters. The molecule has 3 heteroatoms. The first kappa shape index (κ1) is 14.8. The minimum absolute atomic E-state index is 0.667. The fraction of sp³-hybridized carbons (Fsp3) is 0.600. The van der Waals surface area contributed by atoms with Gasteiger partial charge in [0.1, 0.15) is 0 Å². The molecule has 1 rings (SSSR count). The Morgan fingerprint density at radius 3 is 2.39 bits per heavy atom. The molecule has 3 nitrogen and oxygen atoms in total. The van der Waals surface area contributed by atoms with Crippen LogP contribution in [-0.4, -0.2) is 26.3 Å². The number of aryl methyl sites for hydroxylation is 1. The van der Waals surface area contributed by atoms with Gasteiger partial charge in [-0.2, -0.15) is 0 Å². The highest BCUT2D eigenvalue weighted by Gasteiger charge is 2.05. The van der Waals surface area contributed by atoms with Crippen LogP contribution in [0.2, 0.25) is 0 Å². The molecule has 1 aromatic rings. The lowest BCUT2D eigenvalue weighted by molar-refractivity contribution is 0.287. The minimum atomic E-state index is 0.667. The average molecular weight is 251 g/mol. The van der Waals surface area contributed by atoms with Gasteiger partial charge < -0.3 is 14.8 Å². The number of benzene rings is 1. The Morgan fingerprint density at radius 2 is 1.72 bits per heavy atom. The third-order valence-corrected chi connectivity index (χ3v) is 2.68. The Morgan fingerprint density at radius 1 is 1.00 bits per heavy atom. The standard InChI is InChI=1S/C15H25NO2/c1-4-16-11-7-8-13-9-10-14(17-5-2)15(12-13)18-6-3/h9-10,12,16H,4-8,11H2,1-3H3. The summed E-state index contributed by atoms with van der Waals surface area (Å²) in [7, 11) is 0. The molecule has 0 fully saturated rings. The fourth-order valence-corrected chi connectivity index (χ4v) is 1.85. The van der Waals surface area contributed by atoms with Crippen molar-refractivity contribution in [1.29, 1.82) is 0 Å². The van der Waals surface area contributed by atoms with Gasteiger partial charge in [0, 0.05) is 0 Å². The predicted octanol–water partition coefficient (Wildman–Crippen LogP) is 3.03. The van der Waals surface area contributed by atoms with Crippen LogP contribution in [0.4, 0.5) is 0 Å². The van der Waals surface area contributed by atoms with Crippen LogP contribution in [0.1, 0.15) is 32.8 Å². The molecule has 0 heterocycles. The van der Waals surface area contributed by atoms with Crippen molar-refractivity contribution >= 4 is 0 Å². The summed E-state index contributed by atoms with van der Waals surface area (Å²) in [5.41, 5.74) is 1.31. The molecule has 0 aliphatic rings. The molecule has 102 valence electrons. The Hall–Kier alpha value is -1.22. The highest BCUT2D eigenvalue weighted by molar-refractivity contribution is 5.43. The van der Waals surface area contributed by atoms with E-state index in [1.807, 2.05) is 19.9 Å². The average Bonchev–Trinajstić information content (AvgIpc) is 2.38. The van der Waals surface area contributed by atoms with Crippen LogP contribution in [-0.2, 0) is 6.42 Å². The predicted molar refractivity (Wildman–Crippen MR) is 75.6 cm³/mol. The molecule has 0 aliphatic carbocycles. The van der Waals surface area contributed by atoms with Crippen LogP contribution in [0.3, 0.4) is 0 Å². The van der Waals surface area contributed by atoms with E-state index >= 15 is 0 Å². The van der Waals surface area contributed by atoms with Gasteiger partial charge in [0.2, 0.25) is 0 Å². The van der Waals surface area contributed by atoms with Gasteiger partial charge in [-0.15, -0.1) is 0 Å². The normalized spacial score (nSPS) is 10.4. The lowest BCUT2D eigenvalue weighted by Crippen LogP contribution is -2.14. The minimum Gasteiger partial charge on any atom is -0.490 e. The van der Waals surface area contributed by atoms with Crippen molar-refractivity contribution in [3.8, 4) is 11.5 Å². The summed E-state index contributed by atoms with van der Waals surface area (Å²) < 4.78 is 11.2. The molecule has 0 spiro atoms. The zero-order chi connectivity index (χ0) is 13.2. The molecule has 1 N–H and O–H groups in total. The maximum atomic E-state index is 5.62. The van der Waals surface area contributed by atoms with Crippen molar-refractivity contribution < 1.29 is 9.47 Å². The molecule has 0 saturated carbocycles. The first-order valence-corrected chi connectivity index (χ1v) is 6.91. The summed E-state index contributed by atoms with van der Waals surface area (Å²) in [6, 6.07) is 6.23. The van der Waals surface area contributed by atoms with Gasteiger partial charge in [0.05, 0.1) is 13.2 Å². The van der Waals surface area contributed by atoms with Crippen molar-refractivity contribution in [3.05, 3.63) is 23.8 Å². The van der Waals surface area contributed by atoms with Crippen molar-refractivity contribution in [1.82, 2.24) is 5.32 Å². The van der Waals surface area contributed by atoms with Gasteiger partial charge in [-0.25, -0.2) is 0 Å². The summed E-state index contributed by atoms with van der Waals surface area (Å²) in [6.07, 6.45) is 2.22. The number of rotatable bonds is 9. The molecule has 0 bridgehead atoms. The molecule has 0 radical (unpaired) electrons. The molecule has 0 amide bonds. The summed E-state index contributed by atoms with van der Waals surface area (Å²) in [4.78, 5) is 0. The fourth-order valence-electron chi connectivity index (χ4n) is 1.85. The highest BCUT2D eigenvalue weighted by atomic mass is 16.5. The summed E-state index contributed by atoms with van der Waals surface area (Å²) in [5, 5.41) is 3.33. The van der Waals surface area contributed by atoms with Crippen molar-refractivity contribution in [2.75, 3.05) is 26.3 Å². The lowest BCUT2D eigenvalue weighted by Gasteiger charge is -2.12. The second-order valence-electron chi connectivity index (χ2n) is 4.10. The molecular weight excluding hydrogens is 226 g/mol. The summed E-state index contributed by atoms with van der Waals surface area (Å²) >= 11 is 0. The second kappa shape index (κ2) is 8.81. The maximum absolute atomic E-state index is 5.62. The number of nitrogens with one attached hydrogen (secondary N) is 1. The molecule has 18 heavy (non-hydrogen) atoms. The largest absolute Gasteiger partial charge is 0.490 e. The zero-order valence-corrected chi connectivity index (χ0v) is 11.8. The van der Waals surface area contributed by atoms with Crippen LogP contribution >= 0.6 is 0 Å². The van der Waals surface area contributed by atoms with Crippen LogP contribution in [0, 0.1) is 0 Å². The second-order valence-corrected chi connectivity index (χ2v) is 4.10. The van der Waals surface area contributed by atoms with Gasteiger partial charge in [-0.05, 0) is 57.5 Å². The topological polar surface area (TPSA) is 30.5 Å². The smallest absolute Gasteiger partial charge is 0.161 e. The van der Waals surface area contributed by atoms with Gasteiger partial charge in [0.25, 0.3) is 0 Å². The third kappa shape index (κ3) is 4.96. The van der Waals surface area contributed by atoms with Crippen molar-refractivity contribution in [3.63, 3.8) is 0 Å². The van der Waals surface area contributed by atoms with Gasteiger partial charge >= 0.3 is 0 Å². The first-order chi connectivity index (χ1) is 8.81. The molecule has 0 saturated heterocycles. The van der Waals surface area contributed by atoms with Crippen molar-refractivity contribution in [2.24, 2.45) is 0 Å². The van der Waals surface area contributed by atoms with E-state index in [0.717, 1.165) is 37.4 Å². The maximum Gasteiger partial charge on any atom is 0.161 e. The number of ether oxygens (including phenoxy) is 2. The SMILES string of the molecule is CCNCCCc1ccc(OCC)c(OCC)c1. The Balaban J connectivity index is 2.61. The lowest BCUT2D eigenvalue weighted by atomic mass is 10.1. The Labute approximate surface area is 110 Å². The van der Waals surface area contributed by atoms with Crippen LogP contribution < -0.4 is 14.8 Å². The van der Waals surface area contributed by atoms with Gasteiger partial charge in [-0.3, -0.25) is 0 Å². The van der Waals surface area contributed by atoms with E-state index in [2.05, 4.69) is 24.4 Å². The van der Waals surface area contributed by atoms with Crippen LogP contribution in [0.25, 0.3) is 0 Å². The third-order valence-electron chi connectivity index (χ3n) is 2.68. The monoisotopic (exact) mass is 251 g/mol. The van der Waals surface area contributed by atoms with E-state index in [0.29, 0.717) is 13.2 Å². The van der Waals surface area contributed by atoms with Gasteiger partial charge in [-0.1, -0.05) is 13.0 Å². The van der Waals surface area contributed by atoms with E-state index in [1.54, 1.807) is 0 Å². The quantitative estimate of drug-likeness (QED) is 0.684. The molecule has 1 aromatic carbocycles. The van der Waals surface area contributed by atoms with Crippen LogP contribution in [0.15, 0.2) is 18.2 Å². The number of hydrogen-bond donors (Lipinski definition) is 1. The summed E-state index contributed by atoms with van der Waals surface area (Å²) in [6.45, 7) is 9.54. The molecular formula is C15H25NO2. The van der Waals surface area contributed by atoms with E-state index < -0.39 is 0 Å². The highest BCUT2D eigenvalue weighted by Crippen LogP contribution is 2.28. The zero-order valence-electron chi connectivity index (χ0n) is 11.8. The van der Waals surface area contributed by atoms with E-state index in [4.69, 9.17) is 9.47 Å². The van der Waals surface area contributed by atoms with E-state index in [1.165, 1.54) is 5.56 Å². The van der Waals surface area contributed by atoms with E-state index in [-0.39, 0.29) is 0 Å².